The summed E-state index contributed by atoms with van der Waals surface area (Å²) in [5, 5.41) is 3.32. The molecule has 0 aromatic heterocycles. The molecule has 0 aliphatic carbocycles. The summed E-state index contributed by atoms with van der Waals surface area (Å²) in [6.07, 6.45) is 8.82. The molecule has 2 aromatic rings. The van der Waals surface area contributed by atoms with Gasteiger partial charge in [0.05, 0.1) is 0 Å². The summed E-state index contributed by atoms with van der Waals surface area (Å²) in [6, 6.07) is 22.8. The Morgan fingerprint density at radius 2 is 1.00 bits per heavy atom. The molecule has 2 heterocycles. The van der Waals surface area contributed by atoms with Crippen molar-refractivity contribution in [2.24, 2.45) is 0 Å². The molecule has 0 amide bonds. The van der Waals surface area contributed by atoms with Crippen LogP contribution in [0.2, 0.25) is 0 Å². The minimum atomic E-state index is 0.0845. The first kappa shape index (κ1) is 14.9. The molecule has 0 saturated carbocycles. The van der Waals surface area contributed by atoms with Crippen LogP contribution >= 0.6 is 15.8 Å². The number of hydrogen-bond donors (Lipinski definition) is 0. The van der Waals surface area contributed by atoms with Gasteiger partial charge in [0.2, 0.25) is 0 Å². The van der Waals surface area contributed by atoms with Crippen molar-refractivity contribution in [1.82, 2.24) is 0 Å². The molecular weight excluding hydrogens is 302 g/mol. The van der Waals surface area contributed by atoms with E-state index in [4.69, 9.17) is 0 Å². The maximum Gasteiger partial charge on any atom is -0.00981 e. The first-order valence-electron chi connectivity index (χ1n) is 8.57. The van der Waals surface area contributed by atoms with Gasteiger partial charge >= 0.3 is 0 Å². The van der Waals surface area contributed by atoms with Gasteiger partial charge in [-0.25, -0.2) is 0 Å². The SMILES string of the molecule is c1ccc(P2CCCC2C2CCCP2c2ccccc2)cc1. The summed E-state index contributed by atoms with van der Waals surface area (Å²) in [5.41, 5.74) is 1.98. The second kappa shape index (κ2) is 6.82. The Morgan fingerprint density at radius 1 is 0.591 bits per heavy atom. The van der Waals surface area contributed by atoms with Crippen molar-refractivity contribution in [3.05, 3.63) is 60.7 Å². The molecule has 114 valence electrons. The Hall–Kier alpha value is -0.700. The molecule has 2 aliphatic rings. The van der Waals surface area contributed by atoms with Gasteiger partial charge < -0.3 is 0 Å². The maximum atomic E-state index is 2.39. The van der Waals surface area contributed by atoms with E-state index in [0.717, 1.165) is 11.3 Å². The highest BCUT2D eigenvalue weighted by Gasteiger charge is 2.40. The highest BCUT2D eigenvalue weighted by molar-refractivity contribution is 7.70. The van der Waals surface area contributed by atoms with E-state index in [1.807, 2.05) is 0 Å². The van der Waals surface area contributed by atoms with Crippen molar-refractivity contribution < 1.29 is 0 Å². The maximum absolute atomic E-state index is 2.39. The zero-order valence-electron chi connectivity index (χ0n) is 13.1. The van der Waals surface area contributed by atoms with E-state index in [1.54, 1.807) is 10.6 Å². The Kier molecular flexibility index (Phi) is 4.61. The minimum absolute atomic E-state index is 0.0845. The number of rotatable bonds is 3. The lowest BCUT2D eigenvalue weighted by Crippen LogP contribution is -2.24. The fourth-order valence-corrected chi connectivity index (χ4v) is 11.5. The third kappa shape index (κ3) is 2.89. The van der Waals surface area contributed by atoms with Crippen LogP contribution in [0.15, 0.2) is 60.7 Å². The van der Waals surface area contributed by atoms with Gasteiger partial charge in [-0.15, -0.1) is 0 Å². The summed E-state index contributed by atoms with van der Waals surface area (Å²) in [5.74, 6) is 0. The first-order chi connectivity index (χ1) is 10.9. The lowest BCUT2D eigenvalue weighted by Gasteiger charge is -2.31. The standard InChI is InChI=1S/C20H24P2/c1-3-9-17(10-4-1)21-15-7-13-19(21)20-14-8-16-22(20)18-11-5-2-6-12-18/h1-6,9-12,19-20H,7-8,13-16H2. The van der Waals surface area contributed by atoms with Gasteiger partial charge in [-0.2, -0.15) is 0 Å². The summed E-state index contributed by atoms with van der Waals surface area (Å²) in [6.45, 7) is 0. The van der Waals surface area contributed by atoms with Crippen molar-refractivity contribution in [2.45, 2.75) is 37.0 Å². The van der Waals surface area contributed by atoms with E-state index in [-0.39, 0.29) is 15.8 Å². The molecule has 0 bridgehead atoms. The van der Waals surface area contributed by atoms with E-state index in [0.29, 0.717) is 0 Å². The van der Waals surface area contributed by atoms with Gasteiger partial charge in [-0.05, 0) is 59.9 Å². The molecule has 2 aromatic carbocycles. The van der Waals surface area contributed by atoms with Gasteiger partial charge in [0.15, 0.2) is 0 Å². The Balaban J connectivity index is 1.60. The van der Waals surface area contributed by atoms with E-state index in [1.165, 1.54) is 38.0 Å². The van der Waals surface area contributed by atoms with Crippen LogP contribution in [-0.2, 0) is 0 Å². The molecule has 2 saturated heterocycles. The van der Waals surface area contributed by atoms with E-state index in [9.17, 15) is 0 Å². The normalized spacial score (nSPS) is 31.5. The van der Waals surface area contributed by atoms with Gasteiger partial charge in [-0.1, -0.05) is 76.5 Å². The van der Waals surface area contributed by atoms with Crippen LogP contribution in [0.3, 0.4) is 0 Å². The molecular formula is C20H24P2. The van der Waals surface area contributed by atoms with Crippen LogP contribution in [0.5, 0.6) is 0 Å². The second-order valence-corrected chi connectivity index (χ2v) is 11.6. The highest BCUT2D eigenvalue weighted by atomic mass is 31.1. The topological polar surface area (TPSA) is 0 Å². The Bertz CT molecular complexity index is 540. The van der Waals surface area contributed by atoms with Gasteiger partial charge in [0.25, 0.3) is 0 Å². The molecule has 0 nitrogen and oxygen atoms in total. The van der Waals surface area contributed by atoms with Crippen molar-refractivity contribution in [3.63, 3.8) is 0 Å². The molecule has 2 aliphatic heterocycles. The predicted octanol–water partition coefficient (Wildman–Crippen LogP) is 4.93. The van der Waals surface area contributed by atoms with Crippen molar-refractivity contribution in [3.8, 4) is 0 Å². The quantitative estimate of drug-likeness (QED) is 0.702. The predicted molar refractivity (Wildman–Crippen MR) is 102 cm³/mol. The Morgan fingerprint density at radius 3 is 1.41 bits per heavy atom. The van der Waals surface area contributed by atoms with Crippen LogP contribution in [0.4, 0.5) is 0 Å². The first-order valence-corrected chi connectivity index (χ1v) is 11.8. The third-order valence-corrected chi connectivity index (χ3v) is 11.8. The number of benzene rings is 2. The Labute approximate surface area is 136 Å². The van der Waals surface area contributed by atoms with Crippen LogP contribution < -0.4 is 10.6 Å². The lowest BCUT2D eigenvalue weighted by atomic mass is 10.1. The average Bonchev–Trinajstić information content (AvgIpc) is 3.25. The van der Waals surface area contributed by atoms with Gasteiger partial charge in [-0.3, -0.25) is 0 Å². The average molecular weight is 326 g/mol. The zero-order valence-corrected chi connectivity index (χ0v) is 14.9. The molecule has 0 spiro atoms. The molecule has 0 radical (unpaired) electrons. The third-order valence-electron chi connectivity index (χ3n) is 5.22. The lowest BCUT2D eigenvalue weighted by molar-refractivity contribution is 0.697. The van der Waals surface area contributed by atoms with E-state index < -0.39 is 0 Å². The molecule has 4 rings (SSSR count). The summed E-state index contributed by atoms with van der Waals surface area (Å²) in [7, 11) is 0.169. The van der Waals surface area contributed by atoms with Gasteiger partial charge in [0, 0.05) is 0 Å². The molecule has 4 atom stereocenters. The molecule has 0 N–H and O–H groups in total. The van der Waals surface area contributed by atoms with Crippen molar-refractivity contribution in [2.75, 3.05) is 12.3 Å². The van der Waals surface area contributed by atoms with Crippen LogP contribution in [0.1, 0.15) is 25.7 Å². The van der Waals surface area contributed by atoms with Crippen LogP contribution in [0, 0.1) is 0 Å². The monoisotopic (exact) mass is 326 g/mol. The minimum Gasteiger partial charge on any atom is -0.0715 e. The summed E-state index contributed by atoms with van der Waals surface area (Å²) >= 11 is 0. The summed E-state index contributed by atoms with van der Waals surface area (Å²) < 4.78 is 0. The fourth-order valence-electron chi connectivity index (χ4n) is 4.27. The fraction of sp³-hybridized carbons (Fsp3) is 0.400. The van der Waals surface area contributed by atoms with Crippen molar-refractivity contribution >= 4 is 26.5 Å². The van der Waals surface area contributed by atoms with Crippen LogP contribution in [0.25, 0.3) is 0 Å². The largest absolute Gasteiger partial charge is 0.0715 e. The molecule has 22 heavy (non-hydrogen) atoms. The van der Waals surface area contributed by atoms with E-state index in [2.05, 4.69) is 60.7 Å². The summed E-state index contributed by atoms with van der Waals surface area (Å²) in [4.78, 5) is 0. The number of hydrogen-bond acceptors (Lipinski definition) is 0. The van der Waals surface area contributed by atoms with Gasteiger partial charge in [0.1, 0.15) is 0 Å². The van der Waals surface area contributed by atoms with E-state index >= 15 is 0 Å². The molecule has 2 heteroatoms. The zero-order chi connectivity index (χ0) is 14.8. The molecule has 2 fully saturated rings. The molecule has 4 unspecified atom stereocenters. The second-order valence-electron chi connectivity index (χ2n) is 6.48. The van der Waals surface area contributed by atoms with Crippen LogP contribution in [-0.4, -0.2) is 23.6 Å². The highest BCUT2D eigenvalue weighted by Crippen LogP contribution is 2.61. The smallest absolute Gasteiger partial charge is 0.00981 e. The van der Waals surface area contributed by atoms with Crippen molar-refractivity contribution in [1.29, 1.82) is 0 Å².